The molecule has 1 saturated carbocycles. The summed E-state index contributed by atoms with van der Waals surface area (Å²) in [6.07, 6.45) is 7.22. The molecule has 0 spiro atoms. The number of hydrogen-bond donors (Lipinski definition) is 1. The Balaban J connectivity index is 1.72. The summed E-state index contributed by atoms with van der Waals surface area (Å²) in [5.74, 6) is -0.967. The number of carbonyl (C=O) groups is 2. The number of carbonyl (C=O) groups excluding carboxylic acids is 1. The Morgan fingerprint density at radius 1 is 1.29 bits per heavy atom. The first-order valence-electron chi connectivity index (χ1n) is 8.39. The minimum atomic E-state index is -1.06. The van der Waals surface area contributed by atoms with Crippen molar-refractivity contribution in [1.82, 2.24) is 9.88 Å². The molecule has 0 unspecified atom stereocenters. The summed E-state index contributed by atoms with van der Waals surface area (Å²) in [7, 11) is 0. The molecule has 1 saturated heterocycles. The van der Waals surface area contributed by atoms with Crippen LogP contribution in [0.15, 0.2) is 18.3 Å². The van der Waals surface area contributed by atoms with Crippen LogP contribution in [-0.2, 0) is 9.53 Å². The van der Waals surface area contributed by atoms with Gasteiger partial charge in [0, 0.05) is 24.4 Å². The fourth-order valence-corrected chi connectivity index (χ4v) is 3.18. The van der Waals surface area contributed by atoms with Gasteiger partial charge in [-0.2, -0.15) is 0 Å². The molecule has 130 valence electrons. The molecule has 3 rings (SSSR count). The second-order valence-electron chi connectivity index (χ2n) is 6.19. The minimum Gasteiger partial charge on any atom is -0.480 e. The van der Waals surface area contributed by atoms with Gasteiger partial charge in [0.2, 0.25) is 5.88 Å². The number of hydrogen-bond acceptors (Lipinski definition) is 5. The molecular formula is C17H22N2O5. The van der Waals surface area contributed by atoms with Crippen molar-refractivity contribution in [3.05, 3.63) is 23.9 Å². The number of nitrogens with zero attached hydrogens (tertiary/aromatic N) is 2. The molecule has 1 aromatic heterocycles. The molecule has 7 heteroatoms. The van der Waals surface area contributed by atoms with Gasteiger partial charge in [-0.05, 0) is 31.7 Å². The predicted molar refractivity (Wildman–Crippen MR) is 85.0 cm³/mol. The number of pyridine rings is 1. The zero-order chi connectivity index (χ0) is 16.9. The number of ether oxygens (including phenoxy) is 2. The van der Waals surface area contributed by atoms with Gasteiger partial charge < -0.3 is 19.5 Å². The lowest BCUT2D eigenvalue weighted by atomic mass is 9.98. The van der Waals surface area contributed by atoms with Gasteiger partial charge in [0.05, 0.1) is 13.2 Å². The highest BCUT2D eigenvalue weighted by Crippen LogP contribution is 2.23. The number of rotatable bonds is 4. The minimum absolute atomic E-state index is 0.0115. The maximum Gasteiger partial charge on any atom is 0.328 e. The van der Waals surface area contributed by atoms with Crippen molar-refractivity contribution in [3.8, 4) is 5.88 Å². The summed E-state index contributed by atoms with van der Waals surface area (Å²) < 4.78 is 11.1. The van der Waals surface area contributed by atoms with Crippen LogP contribution in [0.1, 0.15) is 42.5 Å². The van der Waals surface area contributed by atoms with Crippen molar-refractivity contribution in [1.29, 1.82) is 0 Å². The summed E-state index contributed by atoms with van der Waals surface area (Å²) >= 11 is 0. The average molecular weight is 334 g/mol. The van der Waals surface area contributed by atoms with Crippen LogP contribution in [-0.4, -0.2) is 58.8 Å². The molecule has 0 radical (unpaired) electrons. The van der Waals surface area contributed by atoms with Crippen molar-refractivity contribution < 1.29 is 24.2 Å². The summed E-state index contributed by atoms with van der Waals surface area (Å²) in [5, 5.41) is 9.26. The Bertz CT molecular complexity index is 600. The van der Waals surface area contributed by atoms with Crippen LogP contribution in [0.3, 0.4) is 0 Å². The number of morpholine rings is 1. The van der Waals surface area contributed by atoms with Gasteiger partial charge in [-0.3, -0.25) is 4.79 Å². The van der Waals surface area contributed by atoms with E-state index in [-0.39, 0.29) is 25.2 Å². The molecule has 0 aromatic carbocycles. The second kappa shape index (κ2) is 7.61. The second-order valence-corrected chi connectivity index (χ2v) is 6.19. The molecule has 7 nitrogen and oxygen atoms in total. The van der Waals surface area contributed by atoms with E-state index in [2.05, 4.69) is 4.98 Å². The highest BCUT2D eigenvalue weighted by atomic mass is 16.5. The summed E-state index contributed by atoms with van der Waals surface area (Å²) in [5.41, 5.74) is 0.393. The standard InChI is InChI=1S/C17H22N2O5/c20-16(19-8-9-23-11-14(19)17(21)22)12-6-7-18-15(10-12)24-13-4-2-1-3-5-13/h6-7,10,13-14H,1-5,8-9,11H2,(H,21,22)/t14-/m0/s1. The van der Waals surface area contributed by atoms with E-state index in [1.807, 2.05) is 0 Å². The van der Waals surface area contributed by atoms with Crippen molar-refractivity contribution in [3.63, 3.8) is 0 Å². The summed E-state index contributed by atoms with van der Waals surface area (Å²) in [6.45, 7) is 0.612. The topological polar surface area (TPSA) is 89.0 Å². The molecule has 2 aliphatic rings. The highest BCUT2D eigenvalue weighted by molar-refractivity contribution is 5.97. The lowest BCUT2D eigenvalue weighted by molar-refractivity contribution is -0.147. The fourth-order valence-electron chi connectivity index (χ4n) is 3.18. The largest absolute Gasteiger partial charge is 0.480 e. The number of carboxylic acids is 1. The zero-order valence-electron chi connectivity index (χ0n) is 13.5. The van der Waals surface area contributed by atoms with Crippen LogP contribution < -0.4 is 4.74 Å². The lowest BCUT2D eigenvalue weighted by Crippen LogP contribution is -2.52. The molecule has 0 bridgehead atoms. The van der Waals surface area contributed by atoms with Crippen molar-refractivity contribution >= 4 is 11.9 Å². The molecule has 1 aliphatic heterocycles. The third-order valence-electron chi connectivity index (χ3n) is 4.50. The third kappa shape index (κ3) is 3.84. The molecular weight excluding hydrogens is 312 g/mol. The van der Waals surface area contributed by atoms with E-state index in [0.29, 0.717) is 18.1 Å². The number of aliphatic carboxylic acids is 1. The normalized spacial score (nSPS) is 22.2. The van der Waals surface area contributed by atoms with E-state index in [1.54, 1.807) is 12.1 Å². The van der Waals surface area contributed by atoms with Crippen LogP contribution in [0.4, 0.5) is 0 Å². The molecule has 24 heavy (non-hydrogen) atoms. The first-order chi connectivity index (χ1) is 11.6. The van der Waals surface area contributed by atoms with Crippen LogP contribution in [0, 0.1) is 0 Å². The van der Waals surface area contributed by atoms with Gasteiger partial charge in [0.1, 0.15) is 6.10 Å². The van der Waals surface area contributed by atoms with Gasteiger partial charge in [0.25, 0.3) is 5.91 Å². The van der Waals surface area contributed by atoms with Gasteiger partial charge in [0.15, 0.2) is 6.04 Å². The van der Waals surface area contributed by atoms with E-state index in [0.717, 1.165) is 25.7 Å². The number of amides is 1. The maximum atomic E-state index is 12.7. The van der Waals surface area contributed by atoms with Gasteiger partial charge >= 0.3 is 5.97 Å². The third-order valence-corrected chi connectivity index (χ3v) is 4.50. The number of aromatic nitrogens is 1. The van der Waals surface area contributed by atoms with E-state index >= 15 is 0 Å². The van der Waals surface area contributed by atoms with E-state index in [4.69, 9.17) is 9.47 Å². The molecule has 1 atom stereocenters. The molecule has 1 amide bonds. The van der Waals surface area contributed by atoms with E-state index in [9.17, 15) is 14.7 Å². The average Bonchev–Trinajstić information content (AvgIpc) is 2.62. The Morgan fingerprint density at radius 3 is 2.83 bits per heavy atom. The zero-order valence-corrected chi connectivity index (χ0v) is 13.5. The smallest absolute Gasteiger partial charge is 0.328 e. The summed E-state index contributed by atoms with van der Waals surface area (Å²) in [6, 6.07) is 2.23. The monoisotopic (exact) mass is 334 g/mol. The predicted octanol–water partition coefficient (Wildman–Crippen LogP) is 1.72. The van der Waals surface area contributed by atoms with Crippen molar-refractivity contribution in [2.75, 3.05) is 19.8 Å². The summed E-state index contributed by atoms with van der Waals surface area (Å²) in [4.78, 5) is 29.5. The van der Waals surface area contributed by atoms with Crippen LogP contribution in [0.2, 0.25) is 0 Å². The van der Waals surface area contributed by atoms with Gasteiger partial charge in [-0.25, -0.2) is 9.78 Å². The lowest BCUT2D eigenvalue weighted by Gasteiger charge is -2.33. The maximum absolute atomic E-state index is 12.7. The van der Waals surface area contributed by atoms with Gasteiger partial charge in [-0.1, -0.05) is 6.42 Å². The van der Waals surface area contributed by atoms with Crippen LogP contribution in [0.25, 0.3) is 0 Å². The van der Waals surface area contributed by atoms with E-state index < -0.39 is 12.0 Å². The molecule has 1 aromatic rings. The quantitative estimate of drug-likeness (QED) is 0.902. The Morgan fingerprint density at radius 2 is 2.08 bits per heavy atom. The molecule has 1 aliphatic carbocycles. The van der Waals surface area contributed by atoms with Crippen LogP contribution in [0.5, 0.6) is 5.88 Å². The van der Waals surface area contributed by atoms with E-state index in [1.165, 1.54) is 17.5 Å². The van der Waals surface area contributed by atoms with Crippen molar-refractivity contribution in [2.45, 2.75) is 44.2 Å². The highest BCUT2D eigenvalue weighted by Gasteiger charge is 2.33. The van der Waals surface area contributed by atoms with Crippen molar-refractivity contribution in [2.24, 2.45) is 0 Å². The van der Waals surface area contributed by atoms with Crippen LogP contribution >= 0.6 is 0 Å². The first-order valence-corrected chi connectivity index (χ1v) is 8.39. The Hall–Kier alpha value is -2.15. The molecule has 2 heterocycles. The molecule has 1 N–H and O–H groups in total. The fraction of sp³-hybridized carbons (Fsp3) is 0.588. The Labute approximate surface area is 140 Å². The Kier molecular flexibility index (Phi) is 5.30. The molecule has 2 fully saturated rings. The van der Waals surface area contributed by atoms with Gasteiger partial charge in [-0.15, -0.1) is 0 Å². The first kappa shape index (κ1) is 16.7. The number of carboxylic acid groups (broad SMARTS) is 1. The SMILES string of the molecule is O=C(O)[C@@H]1COCCN1C(=O)c1ccnc(OC2CCCCC2)c1.